The molecule has 0 heterocycles. The van der Waals surface area contributed by atoms with Crippen LogP contribution in [0.1, 0.15) is 13.3 Å². The molecule has 0 aliphatic rings. The van der Waals surface area contributed by atoms with Gasteiger partial charge in [0.15, 0.2) is 0 Å². The zero-order valence-corrected chi connectivity index (χ0v) is 9.03. The van der Waals surface area contributed by atoms with E-state index in [1.54, 1.807) is 0 Å². The summed E-state index contributed by atoms with van der Waals surface area (Å²) in [7, 11) is 1.48. The molecule has 0 aliphatic heterocycles. The van der Waals surface area contributed by atoms with Gasteiger partial charge in [0.25, 0.3) is 0 Å². The van der Waals surface area contributed by atoms with Crippen molar-refractivity contribution >= 4 is 11.9 Å². The van der Waals surface area contributed by atoms with Crippen LogP contribution in [0.2, 0.25) is 0 Å². The summed E-state index contributed by atoms with van der Waals surface area (Å²) in [5.74, 6) is -1.77. The second-order valence-corrected chi connectivity index (χ2v) is 3.34. The molecule has 0 aliphatic carbocycles. The molecule has 88 valence electrons. The molecule has 2 atom stereocenters. The minimum Gasteiger partial charge on any atom is -0.481 e. The highest BCUT2D eigenvalue weighted by Gasteiger charge is 2.14. The van der Waals surface area contributed by atoms with Crippen LogP contribution in [0, 0.1) is 5.92 Å². The van der Waals surface area contributed by atoms with E-state index in [0.717, 1.165) is 0 Å². The summed E-state index contributed by atoms with van der Waals surface area (Å²) in [6.45, 7) is 1.91. The molecule has 0 aromatic heterocycles. The molecule has 0 aromatic carbocycles. The van der Waals surface area contributed by atoms with Crippen LogP contribution in [0.5, 0.6) is 0 Å². The molecule has 6 nitrogen and oxygen atoms in total. The number of carbonyl (C=O) groups excluding carboxylic acids is 1. The highest BCUT2D eigenvalue weighted by Crippen LogP contribution is 1.96. The van der Waals surface area contributed by atoms with E-state index in [9.17, 15) is 9.59 Å². The minimum absolute atomic E-state index is 0.120. The number of hydrogen-bond acceptors (Lipinski definition) is 4. The van der Waals surface area contributed by atoms with Gasteiger partial charge >= 0.3 is 5.97 Å². The Balaban J connectivity index is 3.79. The van der Waals surface area contributed by atoms with E-state index < -0.39 is 11.9 Å². The summed E-state index contributed by atoms with van der Waals surface area (Å²) in [5, 5.41) is 11.1. The second-order valence-electron chi connectivity index (χ2n) is 3.34. The van der Waals surface area contributed by atoms with Gasteiger partial charge in [-0.2, -0.15) is 0 Å². The summed E-state index contributed by atoms with van der Waals surface area (Å²) in [4.78, 5) is 21.7. The second kappa shape index (κ2) is 7.19. The Labute approximate surface area is 88.8 Å². The van der Waals surface area contributed by atoms with E-state index in [-0.39, 0.29) is 31.5 Å². The number of carboxylic acids is 1. The first-order chi connectivity index (χ1) is 7.01. The van der Waals surface area contributed by atoms with E-state index >= 15 is 0 Å². The number of rotatable bonds is 7. The van der Waals surface area contributed by atoms with Crippen molar-refractivity contribution < 1.29 is 19.4 Å². The molecule has 4 N–H and O–H groups in total. The molecule has 0 aromatic rings. The van der Waals surface area contributed by atoms with Crippen molar-refractivity contribution in [3.63, 3.8) is 0 Å². The van der Waals surface area contributed by atoms with Gasteiger partial charge in [0.05, 0.1) is 18.4 Å². The molecule has 0 radical (unpaired) electrons. The third kappa shape index (κ3) is 6.03. The Hall–Kier alpha value is -1.14. The molecule has 0 spiro atoms. The van der Waals surface area contributed by atoms with Crippen molar-refractivity contribution in [1.82, 2.24) is 5.32 Å². The first-order valence-electron chi connectivity index (χ1n) is 4.73. The maximum Gasteiger partial charge on any atom is 0.308 e. The normalized spacial score (nSPS) is 14.3. The Kier molecular flexibility index (Phi) is 6.64. The van der Waals surface area contributed by atoms with Gasteiger partial charge in [-0.05, 0) is 0 Å². The lowest BCUT2D eigenvalue weighted by atomic mass is 10.2. The fourth-order valence-electron chi connectivity index (χ4n) is 0.896. The van der Waals surface area contributed by atoms with Crippen LogP contribution in [-0.4, -0.2) is 43.3 Å². The summed E-state index contributed by atoms with van der Waals surface area (Å²) in [6, 6.07) is 0. The van der Waals surface area contributed by atoms with Gasteiger partial charge in [0.1, 0.15) is 0 Å². The quantitative estimate of drug-likeness (QED) is 0.518. The molecule has 0 saturated heterocycles. The Bertz CT molecular complexity index is 216. The highest BCUT2D eigenvalue weighted by atomic mass is 16.5. The van der Waals surface area contributed by atoms with Crippen LogP contribution in [0.15, 0.2) is 0 Å². The molecule has 0 saturated carbocycles. The first-order valence-corrected chi connectivity index (χ1v) is 4.73. The number of carboxylic acid groups (broad SMARTS) is 1. The maximum absolute atomic E-state index is 11.3. The van der Waals surface area contributed by atoms with Gasteiger partial charge in [-0.15, -0.1) is 0 Å². The van der Waals surface area contributed by atoms with Crippen LogP contribution in [-0.2, 0) is 14.3 Å². The average Bonchev–Trinajstić information content (AvgIpc) is 2.22. The monoisotopic (exact) mass is 218 g/mol. The first kappa shape index (κ1) is 13.9. The lowest BCUT2D eigenvalue weighted by molar-refractivity contribution is -0.141. The van der Waals surface area contributed by atoms with Crippen LogP contribution in [0.25, 0.3) is 0 Å². The Morgan fingerprint density at radius 2 is 2.13 bits per heavy atom. The van der Waals surface area contributed by atoms with E-state index in [1.807, 2.05) is 0 Å². The molecular weight excluding hydrogens is 200 g/mol. The molecular formula is C9H18N2O4. The third-order valence-electron chi connectivity index (χ3n) is 2.04. The van der Waals surface area contributed by atoms with Crippen LogP contribution in [0.3, 0.4) is 0 Å². The molecule has 15 heavy (non-hydrogen) atoms. The number of nitrogens with one attached hydrogen (secondary N) is 1. The number of nitrogens with two attached hydrogens (primary N) is 1. The topological polar surface area (TPSA) is 102 Å². The smallest absolute Gasteiger partial charge is 0.308 e. The standard InChI is InChI=1S/C9H18N2O4/c1-6(9(13)14)5-11-8(12)3-7(4-10)15-2/h6-7H,3-5,10H2,1-2H3,(H,11,12)(H,13,14). The van der Waals surface area contributed by atoms with Crippen molar-refractivity contribution in [3.8, 4) is 0 Å². The summed E-state index contributed by atoms with van der Waals surface area (Å²) in [5.41, 5.74) is 5.34. The van der Waals surface area contributed by atoms with E-state index in [2.05, 4.69) is 5.32 Å². The molecule has 1 amide bonds. The molecule has 0 fully saturated rings. The molecule has 2 unspecified atom stereocenters. The lowest BCUT2D eigenvalue weighted by Gasteiger charge is -2.13. The predicted molar refractivity (Wildman–Crippen MR) is 54.3 cm³/mol. The van der Waals surface area contributed by atoms with Crippen molar-refractivity contribution in [2.45, 2.75) is 19.4 Å². The van der Waals surface area contributed by atoms with Crippen molar-refractivity contribution in [2.24, 2.45) is 11.7 Å². The largest absolute Gasteiger partial charge is 0.481 e. The van der Waals surface area contributed by atoms with Crippen LogP contribution in [0.4, 0.5) is 0 Å². The zero-order valence-electron chi connectivity index (χ0n) is 9.03. The molecule has 0 rings (SSSR count). The fraction of sp³-hybridized carbons (Fsp3) is 0.778. The van der Waals surface area contributed by atoms with Gasteiger partial charge < -0.3 is 20.9 Å². The third-order valence-corrected chi connectivity index (χ3v) is 2.04. The molecule has 0 bridgehead atoms. The lowest BCUT2D eigenvalue weighted by Crippen LogP contribution is -2.35. The van der Waals surface area contributed by atoms with E-state index in [1.165, 1.54) is 14.0 Å². The van der Waals surface area contributed by atoms with Crippen molar-refractivity contribution in [2.75, 3.05) is 20.2 Å². The summed E-state index contributed by atoms with van der Waals surface area (Å²) < 4.78 is 4.92. The van der Waals surface area contributed by atoms with Gasteiger partial charge in [0, 0.05) is 20.2 Å². The Morgan fingerprint density at radius 3 is 2.53 bits per heavy atom. The number of ether oxygens (including phenoxy) is 1. The van der Waals surface area contributed by atoms with Gasteiger partial charge in [-0.25, -0.2) is 0 Å². The zero-order chi connectivity index (χ0) is 11.8. The number of carbonyl (C=O) groups is 2. The number of methoxy groups -OCH3 is 1. The number of hydrogen-bond donors (Lipinski definition) is 3. The van der Waals surface area contributed by atoms with Crippen LogP contribution >= 0.6 is 0 Å². The average molecular weight is 218 g/mol. The number of amides is 1. The maximum atomic E-state index is 11.3. The van der Waals surface area contributed by atoms with Crippen molar-refractivity contribution in [3.05, 3.63) is 0 Å². The fourth-order valence-corrected chi connectivity index (χ4v) is 0.896. The highest BCUT2D eigenvalue weighted by molar-refractivity contribution is 5.77. The minimum atomic E-state index is -0.933. The summed E-state index contributed by atoms with van der Waals surface area (Å²) >= 11 is 0. The predicted octanol–water partition coefficient (Wildman–Crippen LogP) is -0.813. The molecule has 6 heteroatoms. The number of aliphatic carboxylic acids is 1. The van der Waals surface area contributed by atoms with Gasteiger partial charge in [-0.3, -0.25) is 9.59 Å². The van der Waals surface area contributed by atoms with Crippen molar-refractivity contribution in [1.29, 1.82) is 0 Å². The van der Waals surface area contributed by atoms with Gasteiger partial charge in [-0.1, -0.05) is 6.92 Å². The summed E-state index contributed by atoms with van der Waals surface area (Å²) in [6.07, 6.45) is -0.163. The van der Waals surface area contributed by atoms with E-state index in [4.69, 9.17) is 15.6 Å². The SMILES string of the molecule is COC(CN)CC(=O)NCC(C)C(=O)O. The Morgan fingerprint density at radius 1 is 1.53 bits per heavy atom. The van der Waals surface area contributed by atoms with Crippen LogP contribution < -0.4 is 11.1 Å². The van der Waals surface area contributed by atoms with Gasteiger partial charge in [0.2, 0.25) is 5.91 Å². The van der Waals surface area contributed by atoms with E-state index in [0.29, 0.717) is 0 Å².